The van der Waals surface area contributed by atoms with Crippen LogP contribution in [-0.2, 0) is 16.0 Å². The van der Waals surface area contributed by atoms with E-state index in [9.17, 15) is 18.4 Å². The topological polar surface area (TPSA) is 125 Å². The molecule has 12 nitrogen and oxygen atoms in total. The van der Waals surface area contributed by atoms with Crippen molar-refractivity contribution >= 4 is 40.2 Å². The molecule has 4 aromatic heterocycles. The van der Waals surface area contributed by atoms with Crippen LogP contribution in [0.4, 0.5) is 26.1 Å². The van der Waals surface area contributed by atoms with E-state index in [1.165, 1.54) is 23.3 Å². The van der Waals surface area contributed by atoms with Crippen molar-refractivity contribution in [1.82, 2.24) is 34.6 Å². The Bertz CT molecular complexity index is 2280. The summed E-state index contributed by atoms with van der Waals surface area (Å²) < 4.78 is 29.8. The van der Waals surface area contributed by atoms with Crippen LogP contribution in [0.1, 0.15) is 18.4 Å². The monoisotopic (exact) mass is 700 g/mol. The molecular weight excluding hydrogens is 666 g/mol. The lowest BCUT2D eigenvalue weighted by Gasteiger charge is -2.30. The molecule has 0 radical (unpaired) electrons. The van der Waals surface area contributed by atoms with Crippen LogP contribution in [0.2, 0.25) is 0 Å². The smallest absolute Gasteiger partial charge is 0.245 e. The number of nitrogens with zero attached hydrogens (tertiary/aromatic N) is 9. The summed E-state index contributed by atoms with van der Waals surface area (Å²) in [5.41, 5.74) is 3.48. The van der Waals surface area contributed by atoms with E-state index in [1.54, 1.807) is 29.2 Å². The number of hydrogen-bond donors (Lipinski definition) is 1. The summed E-state index contributed by atoms with van der Waals surface area (Å²) in [6.45, 7) is 1.18. The van der Waals surface area contributed by atoms with E-state index in [-0.39, 0.29) is 30.0 Å². The average molecular weight is 701 g/mol. The van der Waals surface area contributed by atoms with Crippen LogP contribution in [0, 0.1) is 11.6 Å². The number of hydrogen-bond acceptors (Lipinski definition) is 9. The van der Waals surface area contributed by atoms with Crippen LogP contribution >= 0.6 is 0 Å². The molecule has 1 N–H and O–H groups in total. The number of anilines is 3. The lowest BCUT2D eigenvalue weighted by molar-refractivity contribution is -0.131. The Balaban J connectivity index is 1.15. The summed E-state index contributed by atoms with van der Waals surface area (Å²) in [6.07, 6.45) is 7.40. The van der Waals surface area contributed by atoms with Gasteiger partial charge in [-0.25, -0.2) is 28.4 Å². The van der Waals surface area contributed by atoms with Crippen molar-refractivity contribution < 1.29 is 18.4 Å². The predicted molar refractivity (Wildman–Crippen MR) is 192 cm³/mol. The lowest BCUT2D eigenvalue weighted by Crippen LogP contribution is -2.45. The fourth-order valence-electron chi connectivity index (χ4n) is 7.08. The SMILES string of the molecule is CN1CCCN(C(=O)Cc2ccncc2)c2ccccc2-c2cccc(n2)N[C@H]2C[C@@H](C1=O)N(c1ncnc3c1cnn3-c1ccc(F)cc1F)C2. The zero-order valence-electron chi connectivity index (χ0n) is 28.2. The van der Waals surface area contributed by atoms with Gasteiger partial charge < -0.3 is 20.0 Å². The highest BCUT2D eigenvalue weighted by Gasteiger charge is 2.40. The van der Waals surface area contributed by atoms with E-state index >= 15 is 0 Å². The molecule has 14 heteroatoms. The summed E-state index contributed by atoms with van der Waals surface area (Å²) in [7, 11) is 1.77. The van der Waals surface area contributed by atoms with Gasteiger partial charge in [0, 0.05) is 56.7 Å². The molecule has 2 amide bonds. The van der Waals surface area contributed by atoms with Crippen LogP contribution in [-0.4, -0.2) is 85.2 Å². The van der Waals surface area contributed by atoms with E-state index in [4.69, 9.17) is 4.98 Å². The molecule has 6 aromatic rings. The van der Waals surface area contributed by atoms with Crippen LogP contribution in [0.3, 0.4) is 0 Å². The Labute approximate surface area is 297 Å². The van der Waals surface area contributed by atoms with E-state index in [0.29, 0.717) is 60.8 Å². The van der Waals surface area contributed by atoms with Gasteiger partial charge in [0.15, 0.2) is 11.5 Å². The lowest BCUT2D eigenvalue weighted by atomic mass is 10.1. The number of carbonyl (C=O) groups excluding carboxylic acids is 2. The van der Waals surface area contributed by atoms with Crippen molar-refractivity contribution in [2.75, 3.05) is 41.8 Å². The number of pyridine rings is 2. The molecule has 4 bridgehead atoms. The van der Waals surface area contributed by atoms with Gasteiger partial charge >= 0.3 is 0 Å². The Morgan fingerprint density at radius 2 is 1.81 bits per heavy atom. The van der Waals surface area contributed by atoms with Gasteiger partial charge in [0.25, 0.3) is 0 Å². The summed E-state index contributed by atoms with van der Waals surface area (Å²) in [6, 6.07) is 19.6. The van der Waals surface area contributed by atoms with E-state index in [2.05, 4.69) is 25.4 Å². The van der Waals surface area contributed by atoms with Gasteiger partial charge in [0.05, 0.1) is 29.4 Å². The normalized spacial score (nSPS) is 17.8. The standard InChI is InChI=1S/C38H34F2N10O2/c1-47-16-5-17-48(35(51)18-24-12-14-41-15-13-24)31-8-3-2-6-27(31)30-7-4-9-34(46-30)45-26-20-33(38(47)52)49(22-26)36-28-21-44-50(37(28)43-23-42-36)32-11-10-25(39)19-29(32)40/h2-4,6-15,19,21,23,26,33H,5,16-18,20,22H2,1H3,(H,45,46)/t26-,33-/m0/s1. The van der Waals surface area contributed by atoms with E-state index in [0.717, 1.165) is 28.9 Å². The number of fused-ring (bicyclic) bond motifs is 7. The minimum Gasteiger partial charge on any atom is -0.365 e. The Hall–Kier alpha value is -6.31. The maximum Gasteiger partial charge on any atom is 0.245 e. The molecule has 2 atom stereocenters. The Kier molecular flexibility index (Phi) is 8.71. The number of carbonyl (C=O) groups is 2. The number of rotatable bonds is 4. The number of halogens is 2. The van der Waals surface area contributed by atoms with Gasteiger partial charge in [0.2, 0.25) is 11.8 Å². The molecule has 0 saturated carbocycles. The molecular formula is C38H34F2N10O2. The first-order valence-electron chi connectivity index (χ1n) is 17.0. The molecule has 6 heterocycles. The average Bonchev–Trinajstić information content (AvgIpc) is 3.78. The molecule has 2 aromatic carbocycles. The van der Waals surface area contributed by atoms with Gasteiger partial charge in [-0.3, -0.25) is 14.6 Å². The molecule has 262 valence electrons. The van der Waals surface area contributed by atoms with Crippen LogP contribution in [0.5, 0.6) is 0 Å². The molecule has 8 rings (SSSR count). The van der Waals surface area contributed by atoms with Crippen LogP contribution in [0.25, 0.3) is 28.0 Å². The van der Waals surface area contributed by atoms with Crippen molar-refractivity contribution in [3.8, 4) is 16.9 Å². The number of likely N-dealkylation sites (N-methyl/N-ethyl adjacent to an activating group) is 1. The molecule has 2 aliphatic heterocycles. The molecule has 2 aliphatic rings. The van der Waals surface area contributed by atoms with Crippen molar-refractivity contribution in [3.05, 3.63) is 115 Å². The summed E-state index contributed by atoms with van der Waals surface area (Å²) >= 11 is 0. The first kappa shape index (κ1) is 32.9. The molecule has 1 saturated heterocycles. The van der Waals surface area contributed by atoms with Gasteiger partial charge in [0.1, 0.15) is 35.5 Å². The molecule has 0 unspecified atom stereocenters. The Morgan fingerprint density at radius 1 is 0.962 bits per heavy atom. The maximum atomic E-state index is 14.8. The van der Waals surface area contributed by atoms with Crippen molar-refractivity contribution in [3.63, 3.8) is 0 Å². The second kappa shape index (κ2) is 13.8. The summed E-state index contributed by atoms with van der Waals surface area (Å²) in [5, 5.41) is 8.44. The number of para-hydroxylation sites is 1. The molecule has 0 spiro atoms. The number of nitrogens with one attached hydrogen (secondary N) is 1. The predicted octanol–water partition coefficient (Wildman–Crippen LogP) is 5.05. The highest BCUT2D eigenvalue weighted by molar-refractivity contribution is 5.98. The minimum absolute atomic E-state index is 0.0386. The van der Waals surface area contributed by atoms with Crippen molar-refractivity contribution in [2.45, 2.75) is 31.3 Å². The second-order valence-electron chi connectivity index (χ2n) is 12.9. The fraction of sp³-hybridized carbons (Fsp3) is 0.237. The van der Waals surface area contributed by atoms with Crippen molar-refractivity contribution in [1.29, 1.82) is 0 Å². The van der Waals surface area contributed by atoms with Gasteiger partial charge in [-0.05, 0) is 60.9 Å². The maximum absolute atomic E-state index is 14.8. The first-order chi connectivity index (χ1) is 25.3. The summed E-state index contributed by atoms with van der Waals surface area (Å²) in [5.74, 6) is -0.581. The number of benzene rings is 2. The summed E-state index contributed by atoms with van der Waals surface area (Å²) in [4.78, 5) is 51.7. The van der Waals surface area contributed by atoms with Crippen LogP contribution < -0.4 is 15.1 Å². The third kappa shape index (κ3) is 6.27. The number of amides is 2. The van der Waals surface area contributed by atoms with Gasteiger partial charge in [-0.1, -0.05) is 24.3 Å². The van der Waals surface area contributed by atoms with E-state index < -0.39 is 17.7 Å². The first-order valence-corrected chi connectivity index (χ1v) is 17.0. The Morgan fingerprint density at radius 3 is 2.65 bits per heavy atom. The van der Waals surface area contributed by atoms with E-state index in [1.807, 2.05) is 59.5 Å². The van der Waals surface area contributed by atoms with Gasteiger partial charge in [-0.15, -0.1) is 0 Å². The van der Waals surface area contributed by atoms with Crippen molar-refractivity contribution in [2.24, 2.45) is 0 Å². The zero-order valence-corrected chi connectivity index (χ0v) is 28.2. The third-order valence-corrected chi connectivity index (χ3v) is 9.57. The zero-order chi connectivity index (χ0) is 35.8. The quantitative estimate of drug-likeness (QED) is 0.269. The molecule has 0 aliphatic carbocycles. The minimum atomic E-state index is -0.784. The third-order valence-electron chi connectivity index (χ3n) is 9.57. The highest BCUT2D eigenvalue weighted by Crippen LogP contribution is 2.35. The highest BCUT2D eigenvalue weighted by atomic mass is 19.1. The largest absolute Gasteiger partial charge is 0.365 e. The molecule has 52 heavy (non-hydrogen) atoms. The second-order valence-corrected chi connectivity index (χ2v) is 12.9. The van der Waals surface area contributed by atoms with Crippen LogP contribution in [0.15, 0.2) is 97.7 Å². The molecule has 1 fully saturated rings. The number of aromatic nitrogens is 6. The fourth-order valence-corrected chi connectivity index (χ4v) is 7.08. The van der Waals surface area contributed by atoms with Gasteiger partial charge in [-0.2, -0.15) is 5.10 Å².